The first-order valence-corrected chi connectivity index (χ1v) is 7.99. The molecule has 1 N–H and O–H groups in total. The molecule has 0 aliphatic carbocycles. The summed E-state index contributed by atoms with van der Waals surface area (Å²) in [7, 11) is 0. The normalized spacial score (nSPS) is 18.9. The van der Waals surface area contributed by atoms with E-state index in [1.165, 1.54) is 6.07 Å². The molecular weight excluding hydrogens is 282 g/mol. The van der Waals surface area contributed by atoms with Crippen molar-refractivity contribution in [2.24, 2.45) is 0 Å². The summed E-state index contributed by atoms with van der Waals surface area (Å²) < 4.78 is 26.3. The maximum absolute atomic E-state index is 13.3. The minimum absolute atomic E-state index is 0.00360. The largest absolute Gasteiger partial charge is 0.322 e. The molecule has 0 spiro atoms. The predicted molar refractivity (Wildman–Crippen MR) is 76.4 cm³/mol. The quantitative estimate of drug-likeness (QED) is 0.820. The molecule has 1 aliphatic rings. The minimum Gasteiger partial charge on any atom is -0.322 e. The van der Waals surface area contributed by atoms with E-state index in [9.17, 15) is 13.6 Å². The van der Waals surface area contributed by atoms with E-state index in [1.807, 2.05) is 6.26 Å². The van der Waals surface area contributed by atoms with Crippen LogP contribution in [-0.4, -0.2) is 35.9 Å². The lowest BCUT2D eigenvalue weighted by atomic mass is 10.1. The molecule has 1 heterocycles. The van der Waals surface area contributed by atoms with E-state index in [0.717, 1.165) is 30.7 Å². The molecule has 1 fully saturated rings. The second kappa shape index (κ2) is 7.04. The Balaban J connectivity index is 2.05. The highest BCUT2D eigenvalue weighted by Crippen LogP contribution is 2.24. The molecule has 3 nitrogen and oxygen atoms in total. The molecule has 1 atom stereocenters. The van der Waals surface area contributed by atoms with Gasteiger partial charge in [-0.05, 0) is 42.5 Å². The molecule has 1 saturated heterocycles. The summed E-state index contributed by atoms with van der Waals surface area (Å²) in [4.78, 5) is 13.6. The Labute approximate surface area is 121 Å². The highest BCUT2D eigenvalue weighted by Gasteiger charge is 2.31. The number of benzene rings is 1. The Hall–Kier alpha value is -1.14. The number of hydrogen-bond donors (Lipinski definition) is 1. The van der Waals surface area contributed by atoms with Gasteiger partial charge in [-0.3, -0.25) is 10.1 Å². The van der Waals surface area contributed by atoms with Crippen LogP contribution in [0.1, 0.15) is 24.6 Å². The van der Waals surface area contributed by atoms with Gasteiger partial charge >= 0.3 is 0 Å². The number of hydrogen-bond acceptors (Lipinski definition) is 3. The van der Waals surface area contributed by atoms with Crippen molar-refractivity contribution in [3.8, 4) is 0 Å². The zero-order valence-electron chi connectivity index (χ0n) is 11.4. The summed E-state index contributed by atoms with van der Waals surface area (Å²) >= 11 is 1.78. The van der Waals surface area contributed by atoms with Crippen molar-refractivity contribution >= 4 is 17.7 Å². The minimum atomic E-state index is -0.883. The Morgan fingerprint density at radius 3 is 2.85 bits per heavy atom. The van der Waals surface area contributed by atoms with Crippen LogP contribution in [0.5, 0.6) is 0 Å². The number of halogens is 2. The van der Waals surface area contributed by atoms with Crippen molar-refractivity contribution < 1.29 is 13.6 Å². The Morgan fingerprint density at radius 1 is 1.35 bits per heavy atom. The lowest BCUT2D eigenvalue weighted by molar-refractivity contribution is -0.128. The number of rotatable bonds is 6. The Morgan fingerprint density at radius 2 is 2.15 bits per heavy atom. The Bertz CT molecular complexity index is 484. The van der Waals surface area contributed by atoms with E-state index >= 15 is 0 Å². The fraction of sp³-hybridized carbons (Fsp3) is 0.500. The highest BCUT2D eigenvalue weighted by molar-refractivity contribution is 7.98. The van der Waals surface area contributed by atoms with Crippen molar-refractivity contribution in [1.82, 2.24) is 10.2 Å². The molecule has 1 amide bonds. The topological polar surface area (TPSA) is 32.3 Å². The van der Waals surface area contributed by atoms with Crippen molar-refractivity contribution in [1.29, 1.82) is 0 Å². The molecule has 0 saturated carbocycles. The molecule has 0 aromatic heterocycles. The van der Waals surface area contributed by atoms with E-state index in [1.54, 1.807) is 16.7 Å². The lowest BCUT2D eigenvalue weighted by Crippen LogP contribution is -2.31. The molecule has 2 rings (SSSR count). The number of thioether (sulfide) groups is 1. The average Bonchev–Trinajstić information content (AvgIpc) is 2.79. The van der Waals surface area contributed by atoms with Gasteiger partial charge in [-0.1, -0.05) is 6.07 Å². The molecule has 0 bridgehead atoms. The summed E-state index contributed by atoms with van der Waals surface area (Å²) in [6, 6.07) is 3.77. The van der Waals surface area contributed by atoms with Crippen LogP contribution in [0.2, 0.25) is 0 Å². The first-order chi connectivity index (χ1) is 9.63. The van der Waals surface area contributed by atoms with E-state index in [-0.39, 0.29) is 18.6 Å². The Kier molecular flexibility index (Phi) is 5.37. The second-order valence-electron chi connectivity index (χ2n) is 4.74. The summed E-state index contributed by atoms with van der Waals surface area (Å²) in [5.41, 5.74) is 0.583. The predicted octanol–water partition coefficient (Wildman–Crippen LogP) is 2.54. The van der Waals surface area contributed by atoms with Gasteiger partial charge in [-0.25, -0.2) is 8.78 Å². The van der Waals surface area contributed by atoms with Gasteiger partial charge in [0.15, 0.2) is 11.6 Å². The van der Waals surface area contributed by atoms with Crippen LogP contribution in [0.25, 0.3) is 0 Å². The van der Waals surface area contributed by atoms with Gasteiger partial charge in [0, 0.05) is 6.54 Å². The second-order valence-corrected chi connectivity index (χ2v) is 5.73. The van der Waals surface area contributed by atoms with Gasteiger partial charge < -0.3 is 4.90 Å². The fourth-order valence-corrected chi connectivity index (χ4v) is 2.80. The number of unbranched alkanes of at least 4 members (excludes halogenated alkanes) is 1. The monoisotopic (exact) mass is 300 g/mol. The molecule has 1 aliphatic heterocycles. The highest BCUT2D eigenvalue weighted by atomic mass is 32.2. The smallest absolute Gasteiger partial charge is 0.238 e. The van der Waals surface area contributed by atoms with Crippen molar-refractivity contribution in [3.63, 3.8) is 0 Å². The van der Waals surface area contributed by atoms with Crippen LogP contribution < -0.4 is 5.32 Å². The van der Waals surface area contributed by atoms with E-state index in [2.05, 4.69) is 5.32 Å². The molecule has 1 aromatic carbocycles. The molecular formula is C14H18F2N2OS. The van der Waals surface area contributed by atoms with Gasteiger partial charge in [-0.15, -0.1) is 0 Å². The maximum Gasteiger partial charge on any atom is 0.238 e. The van der Waals surface area contributed by atoms with Gasteiger partial charge in [0.05, 0.1) is 6.54 Å². The molecule has 20 heavy (non-hydrogen) atoms. The van der Waals surface area contributed by atoms with E-state index in [0.29, 0.717) is 12.1 Å². The molecule has 110 valence electrons. The maximum atomic E-state index is 13.3. The number of carbonyl (C=O) groups excluding carboxylic acids is 1. The van der Waals surface area contributed by atoms with E-state index in [4.69, 9.17) is 0 Å². The molecule has 1 aromatic rings. The third-order valence-electron chi connectivity index (χ3n) is 3.34. The van der Waals surface area contributed by atoms with Crippen molar-refractivity contribution in [3.05, 3.63) is 35.4 Å². The van der Waals surface area contributed by atoms with Crippen LogP contribution in [0.4, 0.5) is 8.78 Å². The van der Waals surface area contributed by atoms with Crippen LogP contribution in [0.15, 0.2) is 18.2 Å². The number of nitrogens with one attached hydrogen (secondary N) is 1. The summed E-state index contributed by atoms with van der Waals surface area (Å²) in [5, 5.41) is 3.04. The summed E-state index contributed by atoms with van der Waals surface area (Å²) in [6.07, 6.45) is 3.64. The number of nitrogens with zero attached hydrogens (tertiary/aromatic N) is 1. The van der Waals surface area contributed by atoms with Gasteiger partial charge in [0.2, 0.25) is 5.91 Å². The molecule has 6 heteroatoms. The summed E-state index contributed by atoms with van der Waals surface area (Å²) in [6.45, 7) is 0.877. The van der Waals surface area contributed by atoms with Gasteiger partial charge in [0.25, 0.3) is 0 Å². The van der Waals surface area contributed by atoms with Crippen LogP contribution in [0.3, 0.4) is 0 Å². The standard InChI is InChI=1S/C14H18F2N2OS/c1-20-7-3-2-6-18-13(19)9-17-14(18)10-4-5-11(15)12(16)8-10/h4-5,8,14,17H,2-3,6-7,9H2,1H3. The van der Waals surface area contributed by atoms with Crippen molar-refractivity contribution in [2.45, 2.75) is 19.0 Å². The molecule has 0 radical (unpaired) electrons. The van der Waals surface area contributed by atoms with Crippen LogP contribution in [-0.2, 0) is 4.79 Å². The number of carbonyl (C=O) groups is 1. The lowest BCUT2D eigenvalue weighted by Gasteiger charge is -2.24. The van der Waals surface area contributed by atoms with Gasteiger partial charge in [0.1, 0.15) is 6.17 Å². The SMILES string of the molecule is CSCCCCN1C(=O)CNC1c1ccc(F)c(F)c1. The number of amides is 1. The van der Waals surface area contributed by atoms with Crippen LogP contribution in [0, 0.1) is 11.6 Å². The zero-order chi connectivity index (χ0) is 14.5. The third-order valence-corrected chi connectivity index (χ3v) is 4.03. The van der Waals surface area contributed by atoms with Crippen LogP contribution >= 0.6 is 11.8 Å². The first kappa shape index (κ1) is 15.3. The summed E-state index contributed by atoms with van der Waals surface area (Å²) in [5.74, 6) is -0.690. The zero-order valence-corrected chi connectivity index (χ0v) is 12.2. The van der Waals surface area contributed by atoms with E-state index < -0.39 is 11.6 Å². The van der Waals surface area contributed by atoms with Gasteiger partial charge in [-0.2, -0.15) is 11.8 Å². The average molecular weight is 300 g/mol. The van der Waals surface area contributed by atoms with Crippen molar-refractivity contribution in [2.75, 3.05) is 25.1 Å². The molecule has 1 unspecified atom stereocenters. The fourth-order valence-electron chi connectivity index (χ4n) is 2.30. The third kappa shape index (κ3) is 3.49. The first-order valence-electron chi connectivity index (χ1n) is 6.60.